The third-order valence-electron chi connectivity index (χ3n) is 6.12. The average molecular weight is 467 g/mol. The highest BCUT2D eigenvalue weighted by molar-refractivity contribution is 6.02. The fraction of sp³-hybridized carbons (Fsp3) is 0.423. The highest BCUT2D eigenvalue weighted by Gasteiger charge is 2.27. The number of carbonyl (C=O) groups excluding carboxylic acids is 3. The van der Waals surface area contributed by atoms with Gasteiger partial charge in [0.2, 0.25) is 5.91 Å². The van der Waals surface area contributed by atoms with Crippen molar-refractivity contribution in [2.24, 2.45) is 0 Å². The number of anilines is 1. The largest absolute Gasteiger partial charge is 0.497 e. The van der Waals surface area contributed by atoms with Crippen molar-refractivity contribution in [2.75, 3.05) is 44.9 Å². The molecule has 2 amide bonds. The topological polar surface area (TPSA) is 85.4 Å². The summed E-state index contributed by atoms with van der Waals surface area (Å²) in [5.41, 5.74) is 0.975. The number of likely N-dealkylation sites (tertiary alicyclic amines) is 1. The molecule has 0 aromatic heterocycles. The van der Waals surface area contributed by atoms with Gasteiger partial charge in [0.05, 0.1) is 12.8 Å². The second-order valence-corrected chi connectivity index (χ2v) is 8.45. The standard InChI is InChI=1S/C26H30N2O6/c1-32-20-7-5-8-21(16-20)33-17-23(29)19-10-11-24-22(15-19)28(26(31)18-34-24)14-6-9-25(30)27-12-3-2-4-13-27/h5,7-8,10-11,15-16H,2-4,6,9,12-14,17-18H2,1H3. The number of hydrogen-bond donors (Lipinski definition) is 0. The molecule has 180 valence electrons. The molecule has 2 aliphatic rings. The number of ketones is 1. The van der Waals surface area contributed by atoms with Gasteiger partial charge < -0.3 is 24.0 Å². The number of nitrogens with zero attached hydrogens (tertiary/aromatic N) is 2. The van der Waals surface area contributed by atoms with Crippen LogP contribution in [0.25, 0.3) is 0 Å². The zero-order valence-electron chi connectivity index (χ0n) is 19.5. The minimum Gasteiger partial charge on any atom is -0.497 e. The summed E-state index contributed by atoms with van der Waals surface area (Å²) in [5, 5.41) is 0. The summed E-state index contributed by atoms with van der Waals surface area (Å²) >= 11 is 0. The molecule has 8 heteroatoms. The Labute approximate surface area is 199 Å². The Morgan fingerprint density at radius 3 is 2.62 bits per heavy atom. The van der Waals surface area contributed by atoms with Crippen molar-refractivity contribution >= 4 is 23.3 Å². The zero-order valence-corrected chi connectivity index (χ0v) is 19.5. The lowest BCUT2D eigenvalue weighted by molar-refractivity contribution is -0.132. The molecule has 0 aliphatic carbocycles. The minimum absolute atomic E-state index is 0.0562. The number of amides is 2. The highest BCUT2D eigenvalue weighted by Crippen LogP contribution is 2.33. The van der Waals surface area contributed by atoms with Crippen molar-refractivity contribution in [3.05, 3.63) is 48.0 Å². The van der Waals surface area contributed by atoms with Crippen LogP contribution in [-0.4, -0.2) is 62.5 Å². The van der Waals surface area contributed by atoms with Crippen LogP contribution in [0.15, 0.2) is 42.5 Å². The van der Waals surface area contributed by atoms with E-state index in [2.05, 4.69) is 0 Å². The van der Waals surface area contributed by atoms with Gasteiger partial charge in [-0.15, -0.1) is 0 Å². The molecule has 2 heterocycles. The maximum absolute atomic E-state index is 12.8. The average Bonchev–Trinajstić information content (AvgIpc) is 2.88. The molecule has 2 aromatic carbocycles. The van der Waals surface area contributed by atoms with Crippen LogP contribution in [0.4, 0.5) is 5.69 Å². The number of fused-ring (bicyclic) bond motifs is 1. The summed E-state index contributed by atoms with van der Waals surface area (Å²) in [6.45, 7) is 1.83. The summed E-state index contributed by atoms with van der Waals surface area (Å²) < 4.78 is 16.3. The number of carbonyl (C=O) groups is 3. The fourth-order valence-corrected chi connectivity index (χ4v) is 4.23. The lowest BCUT2D eigenvalue weighted by Crippen LogP contribution is -2.40. The smallest absolute Gasteiger partial charge is 0.265 e. The third-order valence-corrected chi connectivity index (χ3v) is 6.12. The van der Waals surface area contributed by atoms with Crippen molar-refractivity contribution in [3.8, 4) is 17.2 Å². The Balaban J connectivity index is 1.38. The number of benzene rings is 2. The second kappa shape index (κ2) is 11.0. The molecular weight excluding hydrogens is 436 g/mol. The Hall–Kier alpha value is -3.55. The number of hydrogen-bond acceptors (Lipinski definition) is 6. The van der Waals surface area contributed by atoms with Gasteiger partial charge >= 0.3 is 0 Å². The molecule has 1 fully saturated rings. The van der Waals surface area contributed by atoms with Crippen molar-refractivity contribution in [3.63, 3.8) is 0 Å². The van der Waals surface area contributed by atoms with Crippen LogP contribution in [0.1, 0.15) is 42.5 Å². The molecule has 2 aromatic rings. The quantitative estimate of drug-likeness (QED) is 0.526. The Kier molecular flexibility index (Phi) is 7.67. The number of Topliss-reactive ketones (excluding diaryl/α,β-unsaturated/α-hetero) is 1. The van der Waals surface area contributed by atoms with Gasteiger partial charge in [-0.3, -0.25) is 14.4 Å². The van der Waals surface area contributed by atoms with Crippen LogP contribution < -0.4 is 19.1 Å². The molecule has 0 N–H and O–H groups in total. The molecule has 0 spiro atoms. The van der Waals surface area contributed by atoms with E-state index in [9.17, 15) is 14.4 Å². The lowest BCUT2D eigenvalue weighted by Gasteiger charge is -2.30. The van der Waals surface area contributed by atoms with Crippen LogP contribution in [0, 0.1) is 0 Å². The lowest BCUT2D eigenvalue weighted by atomic mass is 10.1. The van der Waals surface area contributed by atoms with Gasteiger partial charge in [0.15, 0.2) is 19.0 Å². The number of ether oxygens (including phenoxy) is 3. The van der Waals surface area contributed by atoms with Crippen LogP contribution in [-0.2, 0) is 9.59 Å². The fourth-order valence-electron chi connectivity index (χ4n) is 4.23. The van der Waals surface area contributed by atoms with E-state index in [0.717, 1.165) is 25.9 Å². The van der Waals surface area contributed by atoms with Crippen molar-refractivity contribution in [1.82, 2.24) is 4.90 Å². The van der Waals surface area contributed by atoms with E-state index in [1.165, 1.54) is 6.42 Å². The first-order chi connectivity index (χ1) is 16.5. The van der Waals surface area contributed by atoms with Crippen molar-refractivity contribution < 1.29 is 28.6 Å². The summed E-state index contributed by atoms with van der Waals surface area (Å²) in [4.78, 5) is 41.3. The van der Waals surface area contributed by atoms with E-state index in [4.69, 9.17) is 14.2 Å². The molecule has 8 nitrogen and oxygen atoms in total. The van der Waals surface area contributed by atoms with E-state index >= 15 is 0 Å². The summed E-state index contributed by atoms with van der Waals surface area (Å²) in [5.74, 6) is 1.46. The predicted molar refractivity (Wildman–Crippen MR) is 127 cm³/mol. The van der Waals surface area contributed by atoms with Crippen LogP contribution >= 0.6 is 0 Å². The van der Waals surface area contributed by atoms with Gasteiger partial charge in [-0.1, -0.05) is 6.07 Å². The molecular formula is C26H30N2O6. The van der Waals surface area contributed by atoms with E-state index in [1.807, 2.05) is 4.90 Å². The summed E-state index contributed by atoms with van der Waals surface area (Å²) in [7, 11) is 1.57. The SMILES string of the molecule is COc1cccc(OCC(=O)c2ccc3c(c2)N(CCCC(=O)N2CCCCC2)C(=O)CO3)c1. The van der Waals surface area contributed by atoms with Crippen LogP contribution in [0.5, 0.6) is 17.2 Å². The molecule has 0 radical (unpaired) electrons. The molecule has 0 bridgehead atoms. The highest BCUT2D eigenvalue weighted by atomic mass is 16.5. The number of piperidine rings is 1. The van der Waals surface area contributed by atoms with Crippen molar-refractivity contribution in [2.45, 2.75) is 32.1 Å². The van der Waals surface area contributed by atoms with Crippen LogP contribution in [0.2, 0.25) is 0 Å². The summed E-state index contributed by atoms with van der Waals surface area (Å²) in [6.07, 6.45) is 4.23. The van der Waals surface area contributed by atoms with Crippen molar-refractivity contribution in [1.29, 1.82) is 0 Å². The minimum atomic E-state index is -0.219. The van der Waals surface area contributed by atoms with E-state index < -0.39 is 0 Å². The maximum atomic E-state index is 12.8. The monoisotopic (exact) mass is 466 g/mol. The van der Waals surface area contributed by atoms with Gasteiger partial charge in [-0.2, -0.15) is 0 Å². The Morgan fingerprint density at radius 2 is 1.82 bits per heavy atom. The van der Waals surface area contributed by atoms with E-state index in [-0.39, 0.29) is 30.8 Å². The third kappa shape index (κ3) is 5.68. The number of rotatable bonds is 9. The first-order valence-corrected chi connectivity index (χ1v) is 11.7. The van der Waals surface area contributed by atoms with E-state index in [1.54, 1.807) is 54.5 Å². The molecule has 0 saturated carbocycles. The Morgan fingerprint density at radius 1 is 1.03 bits per heavy atom. The molecule has 34 heavy (non-hydrogen) atoms. The molecule has 0 atom stereocenters. The second-order valence-electron chi connectivity index (χ2n) is 8.45. The van der Waals surface area contributed by atoms with E-state index in [0.29, 0.717) is 47.9 Å². The van der Waals surface area contributed by atoms with Gasteiger partial charge in [-0.25, -0.2) is 0 Å². The Bertz CT molecular complexity index is 1050. The molecule has 1 saturated heterocycles. The number of methoxy groups -OCH3 is 1. The van der Waals surface area contributed by atoms with Gasteiger partial charge in [0, 0.05) is 37.7 Å². The zero-order chi connectivity index (χ0) is 23.9. The molecule has 0 unspecified atom stereocenters. The van der Waals surface area contributed by atoms with Gasteiger partial charge in [-0.05, 0) is 56.0 Å². The molecule has 2 aliphatic heterocycles. The van der Waals surface area contributed by atoms with Gasteiger partial charge in [0.25, 0.3) is 5.91 Å². The van der Waals surface area contributed by atoms with Gasteiger partial charge in [0.1, 0.15) is 17.2 Å². The first-order valence-electron chi connectivity index (χ1n) is 11.7. The predicted octanol–water partition coefficient (Wildman–Crippen LogP) is 3.48. The maximum Gasteiger partial charge on any atom is 0.265 e. The normalized spacial score (nSPS) is 15.4. The summed E-state index contributed by atoms with van der Waals surface area (Å²) in [6, 6.07) is 12.1. The molecule has 4 rings (SSSR count). The van der Waals surface area contributed by atoms with Crippen LogP contribution in [0.3, 0.4) is 0 Å². The first kappa shape index (κ1) is 23.6.